The molecule has 1 atom stereocenters. The van der Waals surface area contributed by atoms with Crippen molar-refractivity contribution >= 4 is 0 Å². The van der Waals surface area contributed by atoms with Crippen LogP contribution in [0, 0.1) is 11.8 Å². The zero-order valence-corrected chi connectivity index (χ0v) is 20.7. The van der Waals surface area contributed by atoms with E-state index >= 15 is 0 Å². The largest absolute Gasteiger partial charge is 0.497 e. The van der Waals surface area contributed by atoms with E-state index in [0.29, 0.717) is 24.9 Å². The van der Waals surface area contributed by atoms with Crippen LogP contribution < -0.4 is 9.47 Å². The van der Waals surface area contributed by atoms with Gasteiger partial charge < -0.3 is 14.6 Å². The molecule has 0 aliphatic heterocycles. The molecule has 0 amide bonds. The number of methoxy groups -OCH3 is 1. The second kappa shape index (κ2) is 11.3. The van der Waals surface area contributed by atoms with Gasteiger partial charge in [-0.05, 0) is 36.1 Å². The third-order valence-corrected chi connectivity index (χ3v) is 5.63. The molecule has 0 bridgehead atoms. The lowest BCUT2D eigenvalue weighted by Crippen LogP contribution is -2.37. The molecule has 1 heterocycles. The second-order valence-electron chi connectivity index (χ2n) is 9.30. The van der Waals surface area contributed by atoms with Crippen molar-refractivity contribution < 1.29 is 14.6 Å². The van der Waals surface area contributed by atoms with Crippen molar-refractivity contribution in [2.24, 2.45) is 18.9 Å². The summed E-state index contributed by atoms with van der Waals surface area (Å²) in [6, 6.07) is 17.7. The molecule has 0 fully saturated rings. The predicted molar refractivity (Wildman–Crippen MR) is 133 cm³/mol. The first kappa shape index (κ1) is 24.8. The number of ether oxygens (including phenoxy) is 2. The van der Waals surface area contributed by atoms with Gasteiger partial charge in [0.15, 0.2) is 0 Å². The third kappa shape index (κ3) is 6.59. The molecule has 33 heavy (non-hydrogen) atoms. The normalized spacial score (nSPS) is 12.5. The number of rotatable bonds is 11. The molecule has 0 spiro atoms. The first-order valence-electron chi connectivity index (χ1n) is 11.6. The van der Waals surface area contributed by atoms with Gasteiger partial charge in [0.1, 0.15) is 17.2 Å². The lowest BCUT2D eigenvalue weighted by Gasteiger charge is -2.28. The first-order chi connectivity index (χ1) is 15.8. The zero-order chi connectivity index (χ0) is 24.0. The highest BCUT2D eigenvalue weighted by Crippen LogP contribution is 2.34. The van der Waals surface area contributed by atoms with Crippen molar-refractivity contribution in [2.75, 3.05) is 20.2 Å². The van der Waals surface area contributed by atoms with Crippen LogP contribution in [0.4, 0.5) is 0 Å². The molecule has 0 saturated heterocycles. The van der Waals surface area contributed by atoms with Crippen LogP contribution in [0.1, 0.15) is 33.3 Å². The topological polar surface area (TPSA) is 59.8 Å². The monoisotopic (exact) mass is 451 g/mol. The standard InChI is InChI=1S/C27H37N3O3/c1-19(2)16-30(18-25(31)20(3)4)17-24-26(21-10-8-7-9-11-21)28-29(5)27(24)33-23-14-12-22(32-6)13-15-23/h7-15,19-20,25,31H,16-18H2,1-6H3. The fourth-order valence-electron chi connectivity index (χ4n) is 3.82. The number of hydrogen-bond acceptors (Lipinski definition) is 5. The highest BCUT2D eigenvalue weighted by Gasteiger charge is 2.24. The van der Waals surface area contributed by atoms with Gasteiger partial charge >= 0.3 is 0 Å². The fourth-order valence-corrected chi connectivity index (χ4v) is 3.82. The van der Waals surface area contributed by atoms with Crippen LogP contribution in [0.3, 0.4) is 0 Å². The minimum Gasteiger partial charge on any atom is -0.497 e. The van der Waals surface area contributed by atoms with Gasteiger partial charge in [-0.1, -0.05) is 58.0 Å². The van der Waals surface area contributed by atoms with Crippen LogP contribution in [0.15, 0.2) is 54.6 Å². The summed E-state index contributed by atoms with van der Waals surface area (Å²) < 4.78 is 13.4. The number of hydrogen-bond donors (Lipinski definition) is 1. The first-order valence-corrected chi connectivity index (χ1v) is 11.6. The van der Waals surface area contributed by atoms with E-state index < -0.39 is 6.10 Å². The Morgan fingerprint density at radius 2 is 1.58 bits per heavy atom. The van der Waals surface area contributed by atoms with Gasteiger partial charge in [0.2, 0.25) is 5.88 Å². The lowest BCUT2D eigenvalue weighted by molar-refractivity contribution is 0.0680. The van der Waals surface area contributed by atoms with E-state index in [1.165, 1.54) is 0 Å². The molecule has 0 radical (unpaired) electrons. The Hall–Kier alpha value is -2.83. The average Bonchev–Trinajstić information content (AvgIpc) is 3.09. The summed E-state index contributed by atoms with van der Waals surface area (Å²) in [5.74, 6) is 2.86. The van der Waals surface area contributed by atoms with Crippen LogP contribution in [-0.4, -0.2) is 46.1 Å². The van der Waals surface area contributed by atoms with Gasteiger partial charge in [-0.2, -0.15) is 5.10 Å². The Labute approximate surface area is 197 Å². The highest BCUT2D eigenvalue weighted by molar-refractivity contribution is 5.65. The average molecular weight is 452 g/mol. The molecule has 3 aromatic rings. The maximum atomic E-state index is 10.6. The van der Waals surface area contributed by atoms with Gasteiger partial charge in [-0.3, -0.25) is 4.90 Å². The molecule has 6 nitrogen and oxygen atoms in total. The van der Waals surface area contributed by atoms with E-state index in [-0.39, 0.29) is 5.92 Å². The van der Waals surface area contributed by atoms with E-state index in [1.54, 1.807) is 11.8 Å². The van der Waals surface area contributed by atoms with Crippen molar-refractivity contribution in [1.82, 2.24) is 14.7 Å². The summed E-state index contributed by atoms with van der Waals surface area (Å²) in [6.07, 6.45) is -0.397. The molecule has 0 saturated carbocycles. The third-order valence-electron chi connectivity index (χ3n) is 5.63. The van der Waals surface area contributed by atoms with Crippen LogP contribution in [0.2, 0.25) is 0 Å². The van der Waals surface area contributed by atoms with Crippen LogP contribution in [0.25, 0.3) is 11.3 Å². The van der Waals surface area contributed by atoms with Crippen molar-refractivity contribution in [2.45, 2.75) is 40.3 Å². The molecule has 0 aliphatic rings. The minimum absolute atomic E-state index is 0.192. The van der Waals surface area contributed by atoms with Crippen molar-refractivity contribution in [3.05, 3.63) is 60.2 Å². The van der Waals surface area contributed by atoms with Crippen molar-refractivity contribution in [3.8, 4) is 28.6 Å². The SMILES string of the molecule is COc1ccc(Oc2c(CN(CC(C)C)CC(O)C(C)C)c(-c3ccccc3)nn2C)cc1. The van der Waals surface area contributed by atoms with Gasteiger partial charge in [0.05, 0.1) is 18.8 Å². The Bertz CT molecular complexity index is 997. The Balaban J connectivity index is 2.01. The lowest BCUT2D eigenvalue weighted by atomic mass is 10.0. The Morgan fingerprint density at radius 3 is 2.15 bits per heavy atom. The smallest absolute Gasteiger partial charge is 0.222 e. The van der Waals surface area contributed by atoms with E-state index in [4.69, 9.17) is 14.6 Å². The summed E-state index contributed by atoms with van der Waals surface area (Å²) in [5.41, 5.74) is 2.95. The van der Waals surface area contributed by atoms with E-state index in [9.17, 15) is 5.11 Å². The molecular formula is C27H37N3O3. The van der Waals surface area contributed by atoms with E-state index in [1.807, 2.05) is 49.5 Å². The van der Waals surface area contributed by atoms with Gasteiger partial charge in [-0.15, -0.1) is 0 Å². The second-order valence-corrected chi connectivity index (χ2v) is 9.30. The number of benzene rings is 2. The number of aryl methyl sites for hydroxylation is 1. The molecule has 1 aromatic heterocycles. The van der Waals surface area contributed by atoms with Gasteiger partial charge in [0, 0.05) is 32.2 Å². The summed E-state index contributed by atoms with van der Waals surface area (Å²) in [7, 11) is 3.56. The summed E-state index contributed by atoms with van der Waals surface area (Å²) in [4.78, 5) is 2.31. The Morgan fingerprint density at radius 1 is 0.939 bits per heavy atom. The molecule has 6 heteroatoms. The molecular weight excluding hydrogens is 414 g/mol. The quantitative estimate of drug-likeness (QED) is 0.425. The zero-order valence-electron chi connectivity index (χ0n) is 20.7. The van der Waals surface area contributed by atoms with Crippen molar-refractivity contribution in [3.63, 3.8) is 0 Å². The van der Waals surface area contributed by atoms with Crippen LogP contribution in [-0.2, 0) is 13.6 Å². The van der Waals surface area contributed by atoms with Gasteiger partial charge in [0.25, 0.3) is 0 Å². The van der Waals surface area contributed by atoms with Crippen molar-refractivity contribution in [1.29, 1.82) is 0 Å². The van der Waals surface area contributed by atoms with E-state index in [2.05, 4.69) is 44.7 Å². The maximum absolute atomic E-state index is 10.6. The Kier molecular flexibility index (Phi) is 8.53. The molecule has 0 aliphatic carbocycles. The number of aliphatic hydroxyl groups excluding tert-OH is 1. The van der Waals surface area contributed by atoms with Crippen LogP contribution >= 0.6 is 0 Å². The molecule has 3 rings (SSSR count). The summed E-state index contributed by atoms with van der Waals surface area (Å²) in [5, 5.41) is 15.5. The minimum atomic E-state index is -0.397. The molecule has 2 aromatic carbocycles. The highest BCUT2D eigenvalue weighted by atomic mass is 16.5. The number of aromatic nitrogens is 2. The maximum Gasteiger partial charge on any atom is 0.222 e. The van der Waals surface area contributed by atoms with Gasteiger partial charge in [-0.25, -0.2) is 4.68 Å². The molecule has 1 N–H and O–H groups in total. The van der Waals surface area contributed by atoms with E-state index in [0.717, 1.165) is 34.9 Å². The molecule has 1 unspecified atom stereocenters. The summed E-state index contributed by atoms with van der Waals surface area (Å²) >= 11 is 0. The fraction of sp³-hybridized carbons (Fsp3) is 0.444. The predicted octanol–water partition coefficient (Wildman–Crippen LogP) is 5.36. The summed E-state index contributed by atoms with van der Waals surface area (Å²) in [6.45, 7) is 10.6. The molecule has 178 valence electrons. The number of nitrogens with zero attached hydrogens (tertiary/aromatic N) is 3. The number of aliphatic hydroxyl groups is 1. The van der Waals surface area contributed by atoms with Crippen LogP contribution in [0.5, 0.6) is 17.4 Å².